The highest BCUT2D eigenvalue weighted by atomic mass is 16.1. The van der Waals surface area contributed by atoms with E-state index in [1.807, 2.05) is 0 Å². The third-order valence-corrected chi connectivity index (χ3v) is 0.993. The number of nitrogens with two attached hydrogens (primary N) is 1. The molecule has 10 heavy (non-hydrogen) atoms. The van der Waals surface area contributed by atoms with E-state index in [9.17, 15) is 4.79 Å². The number of hydrogen-bond donors (Lipinski definition) is 1. The lowest BCUT2D eigenvalue weighted by atomic mass is 10.2. The van der Waals surface area contributed by atoms with Crippen molar-refractivity contribution in [2.75, 3.05) is 0 Å². The Morgan fingerprint density at radius 2 is 2.50 bits per heavy atom. The highest BCUT2D eigenvalue weighted by Gasteiger charge is 1.96. The first kappa shape index (κ1) is 6.74. The van der Waals surface area contributed by atoms with Gasteiger partial charge in [0.1, 0.15) is 0 Å². The maximum absolute atomic E-state index is 10.3. The normalized spacial score (nSPS) is 9.20. The fourth-order valence-electron chi connectivity index (χ4n) is 0.626. The van der Waals surface area contributed by atoms with Crippen LogP contribution in [-0.2, 0) is 4.79 Å². The summed E-state index contributed by atoms with van der Waals surface area (Å²) in [6.07, 6.45) is 4.54. The Labute approximate surface area is 58.9 Å². The van der Waals surface area contributed by atoms with Crippen LogP contribution in [0.15, 0.2) is 24.5 Å². The van der Waals surface area contributed by atoms with E-state index in [4.69, 9.17) is 5.73 Å². The zero-order valence-corrected chi connectivity index (χ0v) is 5.32. The molecule has 1 heterocycles. The van der Waals surface area contributed by atoms with Gasteiger partial charge in [0.05, 0.1) is 6.42 Å². The Morgan fingerprint density at radius 1 is 1.70 bits per heavy atom. The molecule has 0 bridgehead atoms. The van der Waals surface area contributed by atoms with Crippen molar-refractivity contribution in [2.45, 2.75) is 0 Å². The minimum absolute atomic E-state index is 0.451. The molecule has 2 N–H and O–H groups in total. The van der Waals surface area contributed by atoms with Gasteiger partial charge in [-0.1, -0.05) is 6.07 Å². The largest absolute Gasteiger partial charge is 0.369 e. The first-order valence-electron chi connectivity index (χ1n) is 2.83. The van der Waals surface area contributed by atoms with Crippen molar-refractivity contribution in [3.63, 3.8) is 0 Å². The molecule has 0 spiro atoms. The predicted molar refractivity (Wildman–Crippen MR) is 36.8 cm³/mol. The Hall–Kier alpha value is -1.38. The van der Waals surface area contributed by atoms with Gasteiger partial charge < -0.3 is 5.73 Å². The number of pyridine rings is 1. The molecule has 0 fully saturated rings. The summed E-state index contributed by atoms with van der Waals surface area (Å²) in [7, 11) is 0. The first-order valence-corrected chi connectivity index (χ1v) is 2.83. The van der Waals surface area contributed by atoms with Crippen LogP contribution in [0.5, 0.6) is 0 Å². The number of hydrogen-bond acceptors (Lipinski definition) is 2. The molecular formula is C7H7N2O. The maximum atomic E-state index is 10.3. The molecule has 0 aliphatic carbocycles. The van der Waals surface area contributed by atoms with Crippen molar-refractivity contribution < 1.29 is 4.79 Å². The second-order valence-corrected chi connectivity index (χ2v) is 1.83. The minimum Gasteiger partial charge on any atom is -0.369 e. The van der Waals surface area contributed by atoms with Crippen molar-refractivity contribution in [1.82, 2.24) is 4.98 Å². The van der Waals surface area contributed by atoms with E-state index in [1.165, 1.54) is 6.42 Å². The van der Waals surface area contributed by atoms with E-state index in [0.717, 1.165) is 5.56 Å². The van der Waals surface area contributed by atoms with Crippen molar-refractivity contribution >= 4 is 5.91 Å². The third kappa shape index (κ3) is 1.85. The van der Waals surface area contributed by atoms with E-state index in [2.05, 4.69) is 4.98 Å². The molecule has 1 aromatic rings. The smallest absolute Gasteiger partial charge is 0.226 e. The lowest BCUT2D eigenvalue weighted by molar-refractivity contribution is -0.114. The fraction of sp³-hybridized carbons (Fsp3) is 0. The highest BCUT2D eigenvalue weighted by molar-refractivity contribution is 5.86. The number of carbonyl (C=O) groups excluding carboxylic acids is 1. The van der Waals surface area contributed by atoms with E-state index in [0.29, 0.717) is 0 Å². The molecule has 1 amide bonds. The van der Waals surface area contributed by atoms with Crippen LogP contribution in [-0.4, -0.2) is 10.9 Å². The highest BCUT2D eigenvalue weighted by Crippen LogP contribution is 1.97. The topological polar surface area (TPSA) is 56.0 Å². The van der Waals surface area contributed by atoms with Gasteiger partial charge in [-0.3, -0.25) is 9.78 Å². The monoisotopic (exact) mass is 135 g/mol. The summed E-state index contributed by atoms with van der Waals surface area (Å²) in [5.41, 5.74) is 5.63. The van der Waals surface area contributed by atoms with Gasteiger partial charge in [-0.15, -0.1) is 0 Å². The average Bonchev–Trinajstić information content (AvgIpc) is 1.88. The molecule has 0 aromatic carbocycles. The lowest BCUT2D eigenvalue weighted by Gasteiger charge is -1.92. The van der Waals surface area contributed by atoms with E-state index < -0.39 is 5.91 Å². The molecule has 0 atom stereocenters. The van der Waals surface area contributed by atoms with Gasteiger partial charge in [-0.2, -0.15) is 0 Å². The second-order valence-electron chi connectivity index (χ2n) is 1.83. The number of rotatable bonds is 2. The van der Waals surface area contributed by atoms with Gasteiger partial charge in [0.15, 0.2) is 0 Å². The van der Waals surface area contributed by atoms with Gasteiger partial charge in [0.2, 0.25) is 5.91 Å². The molecule has 1 aromatic heterocycles. The van der Waals surface area contributed by atoms with Crippen LogP contribution in [0.4, 0.5) is 0 Å². The van der Waals surface area contributed by atoms with Gasteiger partial charge >= 0.3 is 0 Å². The third-order valence-electron chi connectivity index (χ3n) is 0.993. The number of carbonyl (C=O) groups is 1. The first-order chi connectivity index (χ1) is 4.79. The summed E-state index contributed by atoms with van der Waals surface area (Å²) in [6, 6.07) is 3.51. The molecule has 3 heteroatoms. The summed E-state index contributed by atoms with van der Waals surface area (Å²) in [5.74, 6) is -0.451. The minimum atomic E-state index is -0.451. The van der Waals surface area contributed by atoms with Gasteiger partial charge in [0, 0.05) is 12.4 Å². The summed E-state index contributed by atoms with van der Waals surface area (Å²) >= 11 is 0. The Bertz CT molecular complexity index is 220. The van der Waals surface area contributed by atoms with Crippen LogP contribution in [0.25, 0.3) is 0 Å². The number of primary amides is 1. The van der Waals surface area contributed by atoms with Crippen molar-refractivity contribution in [3.8, 4) is 0 Å². The predicted octanol–water partition coefficient (Wildman–Crippen LogP) is 0.119. The number of nitrogens with zero attached hydrogens (tertiary/aromatic N) is 1. The van der Waals surface area contributed by atoms with Crippen LogP contribution in [0.2, 0.25) is 0 Å². The zero-order valence-electron chi connectivity index (χ0n) is 5.32. The molecule has 51 valence electrons. The maximum Gasteiger partial charge on any atom is 0.226 e. The lowest BCUT2D eigenvalue weighted by Crippen LogP contribution is -2.11. The van der Waals surface area contributed by atoms with Crippen LogP contribution < -0.4 is 5.73 Å². The molecular weight excluding hydrogens is 128 g/mol. The molecule has 3 nitrogen and oxygen atoms in total. The van der Waals surface area contributed by atoms with Crippen molar-refractivity contribution in [1.29, 1.82) is 0 Å². The van der Waals surface area contributed by atoms with Gasteiger partial charge in [0.25, 0.3) is 0 Å². The van der Waals surface area contributed by atoms with Crippen LogP contribution in [0.3, 0.4) is 0 Å². The van der Waals surface area contributed by atoms with Crippen LogP contribution in [0, 0.1) is 6.42 Å². The summed E-state index contributed by atoms with van der Waals surface area (Å²) in [6.45, 7) is 0. The van der Waals surface area contributed by atoms with Gasteiger partial charge in [-0.05, 0) is 11.6 Å². The average molecular weight is 135 g/mol. The summed E-state index contributed by atoms with van der Waals surface area (Å²) in [4.78, 5) is 14.1. The van der Waals surface area contributed by atoms with Crippen molar-refractivity contribution in [2.24, 2.45) is 5.73 Å². The Morgan fingerprint density at radius 3 is 3.00 bits per heavy atom. The van der Waals surface area contributed by atoms with Crippen molar-refractivity contribution in [3.05, 3.63) is 36.5 Å². The Balaban J connectivity index is 2.67. The molecule has 1 radical (unpaired) electrons. The molecule has 1 rings (SSSR count). The fourth-order valence-corrected chi connectivity index (χ4v) is 0.626. The zero-order chi connectivity index (χ0) is 7.40. The molecule has 0 aliphatic heterocycles. The van der Waals surface area contributed by atoms with Gasteiger partial charge in [-0.25, -0.2) is 0 Å². The van der Waals surface area contributed by atoms with E-state index in [1.54, 1.807) is 24.5 Å². The second kappa shape index (κ2) is 2.96. The molecule has 0 aliphatic rings. The number of aromatic nitrogens is 1. The summed E-state index contributed by atoms with van der Waals surface area (Å²) in [5, 5.41) is 0. The number of amides is 1. The summed E-state index contributed by atoms with van der Waals surface area (Å²) < 4.78 is 0. The molecule has 0 saturated carbocycles. The SMILES string of the molecule is NC(=O)[CH]c1cccnc1. The van der Waals surface area contributed by atoms with E-state index in [-0.39, 0.29) is 0 Å². The van der Waals surface area contributed by atoms with Crippen LogP contribution in [0.1, 0.15) is 5.56 Å². The molecule has 0 unspecified atom stereocenters. The Kier molecular flexibility index (Phi) is 1.99. The quantitative estimate of drug-likeness (QED) is 0.626. The van der Waals surface area contributed by atoms with Crippen LogP contribution >= 0.6 is 0 Å². The van der Waals surface area contributed by atoms with E-state index >= 15 is 0 Å². The standard InChI is InChI=1S/C7H7N2O/c8-7(10)4-6-2-1-3-9-5-6/h1-5H,(H2,8,10). The molecule has 0 saturated heterocycles.